The van der Waals surface area contributed by atoms with Crippen LogP contribution in [0, 0.1) is 0 Å². The van der Waals surface area contributed by atoms with E-state index in [-0.39, 0.29) is 6.04 Å². The van der Waals surface area contributed by atoms with Gasteiger partial charge in [-0.05, 0) is 47.5 Å². The minimum atomic E-state index is -0.858. The molecule has 102 valence electrons. The van der Waals surface area contributed by atoms with Crippen molar-refractivity contribution < 1.29 is 5.11 Å². The van der Waals surface area contributed by atoms with Crippen molar-refractivity contribution in [3.05, 3.63) is 50.2 Å². The largest absolute Gasteiger partial charge is 0.382 e. The number of halogens is 3. The summed E-state index contributed by atoms with van der Waals surface area (Å²) in [4.78, 5) is 0. The molecule has 1 N–H and O–H groups in total. The summed E-state index contributed by atoms with van der Waals surface area (Å²) in [6, 6.07) is 5.42. The van der Waals surface area contributed by atoms with Crippen LogP contribution in [-0.2, 0) is 0 Å². The average molecular weight is 364 g/mol. The molecule has 0 saturated carbocycles. The number of nitrogens with zero attached hydrogens (tertiary/aromatic N) is 2. The van der Waals surface area contributed by atoms with Crippen LogP contribution in [0.1, 0.15) is 37.3 Å². The number of hydrogen-bond acceptors (Lipinski definition) is 2. The fraction of sp³-hybridized carbons (Fsp3) is 0.308. The van der Waals surface area contributed by atoms with E-state index in [1.807, 2.05) is 13.8 Å². The third-order valence-electron chi connectivity index (χ3n) is 2.79. The number of rotatable bonds is 3. The van der Waals surface area contributed by atoms with E-state index in [1.165, 1.54) is 0 Å². The summed E-state index contributed by atoms with van der Waals surface area (Å²) in [5.74, 6) is 0. The molecule has 3 nitrogen and oxygen atoms in total. The van der Waals surface area contributed by atoms with E-state index < -0.39 is 6.10 Å². The van der Waals surface area contributed by atoms with Gasteiger partial charge in [-0.3, -0.25) is 4.68 Å². The molecule has 0 amide bonds. The molecule has 1 heterocycles. The molecule has 2 rings (SSSR count). The first-order chi connectivity index (χ1) is 8.91. The lowest BCUT2D eigenvalue weighted by Gasteiger charge is -2.17. The number of benzene rings is 1. The van der Waals surface area contributed by atoms with E-state index in [2.05, 4.69) is 21.0 Å². The summed E-state index contributed by atoms with van der Waals surface area (Å²) >= 11 is 15.5. The van der Waals surface area contributed by atoms with Gasteiger partial charge in [0.2, 0.25) is 0 Å². The Hall–Kier alpha value is -0.550. The van der Waals surface area contributed by atoms with Gasteiger partial charge in [0.25, 0.3) is 0 Å². The van der Waals surface area contributed by atoms with Crippen molar-refractivity contribution in [2.45, 2.75) is 26.0 Å². The van der Waals surface area contributed by atoms with Gasteiger partial charge in [0.15, 0.2) is 0 Å². The van der Waals surface area contributed by atoms with Gasteiger partial charge in [0.05, 0.1) is 21.9 Å². The summed E-state index contributed by atoms with van der Waals surface area (Å²) in [5.41, 5.74) is 1.26. The third-order valence-corrected chi connectivity index (χ3v) is 4.32. The first kappa shape index (κ1) is 14.9. The fourth-order valence-electron chi connectivity index (χ4n) is 1.86. The first-order valence-corrected chi connectivity index (χ1v) is 7.32. The van der Waals surface area contributed by atoms with Crippen LogP contribution in [-0.4, -0.2) is 14.9 Å². The van der Waals surface area contributed by atoms with Gasteiger partial charge in [-0.15, -0.1) is 0 Å². The molecule has 0 radical (unpaired) electrons. The predicted octanol–water partition coefficient (Wildman–Crippen LogP) is 4.62. The summed E-state index contributed by atoms with van der Waals surface area (Å²) in [6.45, 7) is 3.96. The van der Waals surface area contributed by atoms with Crippen LogP contribution < -0.4 is 0 Å². The number of hydrogen-bond donors (Lipinski definition) is 1. The third kappa shape index (κ3) is 2.97. The van der Waals surface area contributed by atoms with Crippen LogP contribution in [0.3, 0.4) is 0 Å². The van der Waals surface area contributed by atoms with Crippen LogP contribution >= 0.6 is 39.1 Å². The Morgan fingerprint density at radius 3 is 2.53 bits per heavy atom. The van der Waals surface area contributed by atoms with E-state index in [0.717, 1.165) is 4.47 Å². The Morgan fingerprint density at radius 1 is 1.26 bits per heavy atom. The second-order valence-corrected chi connectivity index (χ2v) is 6.16. The van der Waals surface area contributed by atoms with Crippen LogP contribution in [0.5, 0.6) is 0 Å². The highest BCUT2D eigenvalue weighted by Crippen LogP contribution is 2.33. The van der Waals surface area contributed by atoms with Gasteiger partial charge in [-0.25, -0.2) is 0 Å². The average Bonchev–Trinajstić information content (AvgIpc) is 2.74. The second kappa shape index (κ2) is 5.83. The number of aliphatic hydroxyl groups excluding tert-OH is 1. The summed E-state index contributed by atoms with van der Waals surface area (Å²) in [7, 11) is 0. The SMILES string of the molecule is CC(C)n1ncc(Cl)c1C(O)c1ccc(Br)c(Cl)c1. The van der Waals surface area contributed by atoms with Crippen molar-refractivity contribution >= 4 is 39.1 Å². The smallest absolute Gasteiger partial charge is 0.122 e. The Bertz CT molecular complexity index is 598. The normalized spacial score (nSPS) is 13.0. The molecule has 1 aromatic heterocycles. The highest BCUT2D eigenvalue weighted by molar-refractivity contribution is 9.10. The summed E-state index contributed by atoms with van der Waals surface area (Å²) in [6.07, 6.45) is 0.684. The van der Waals surface area contributed by atoms with Crippen LogP contribution in [0.4, 0.5) is 0 Å². The Kier molecular flexibility index (Phi) is 4.56. The molecule has 0 spiro atoms. The zero-order chi connectivity index (χ0) is 14.2. The molecule has 0 bridgehead atoms. The van der Waals surface area contributed by atoms with Crippen molar-refractivity contribution in [2.24, 2.45) is 0 Å². The molecule has 1 atom stereocenters. The molecular weight excluding hydrogens is 351 g/mol. The van der Waals surface area contributed by atoms with Gasteiger partial charge in [-0.1, -0.05) is 29.3 Å². The minimum Gasteiger partial charge on any atom is -0.382 e. The molecule has 1 aromatic carbocycles. The lowest BCUT2D eigenvalue weighted by molar-refractivity contribution is 0.205. The molecule has 6 heteroatoms. The zero-order valence-electron chi connectivity index (χ0n) is 10.4. The van der Waals surface area contributed by atoms with Gasteiger partial charge in [0.1, 0.15) is 6.10 Å². The monoisotopic (exact) mass is 362 g/mol. The quantitative estimate of drug-likeness (QED) is 0.864. The Labute approximate surface area is 130 Å². The van der Waals surface area contributed by atoms with Crippen molar-refractivity contribution in [3.8, 4) is 0 Å². The van der Waals surface area contributed by atoms with E-state index in [1.54, 1.807) is 29.1 Å². The maximum absolute atomic E-state index is 10.5. The van der Waals surface area contributed by atoms with Crippen molar-refractivity contribution in [2.75, 3.05) is 0 Å². The Morgan fingerprint density at radius 2 is 1.95 bits per heavy atom. The zero-order valence-corrected chi connectivity index (χ0v) is 13.5. The van der Waals surface area contributed by atoms with Crippen LogP contribution in [0.15, 0.2) is 28.9 Å². The van der Waals surface area contributed by atoms with Gasteiger partial charge < -0.3 is 5.11 Å². The molecule has 1 unspecified atom stereocenters. The van der Waals surface area contributed by atoms with E-state index in [9.17, 15) is 5.11 Å². The van der Waals surface area contributed by atoms with E-state index in [4.69, 9.17) is 23.2 Å². The van der Waals surface area contributed by atoms with Crippen molar-refractivity contribution in [1.29, 1.82) is 0 Å². The molecule has 0 saturated heterocycles. The van der Waals surface area contributed by atoms with Gasteiger partial charge >= 0.3 is 0 Å². The maximum Gasteiger partial charge on any atom is 0.122 e. The highest BCUT2D eigenvalue weighted by atomic mass is 79.9. The number of aliphatic hydroxyl groups is 1. The lowest BCUT2D eigenvalue weighted by atomic mass is 10.1. The fourth-order valence-corrected chi connectivity index (χ4v) is 2.53. The van der Waals surface area contributed by atoms with Gasteiger partial charge in [-0.2, -0.15) is 5.10 Å². The predicted molar refractivity (Wildman–Crippen MR) is 80.8 cm³/mol. The van der Waals surface area contributed by atoms with Crippen molar-refractivity contribution in [3.63, 3.8) is 0 Å². The minimum absolute atomic E-state index is 0.114. The first-order valence-electron chi connectivity index (χ1n) is 5.77. The Balaban J connectivity index is 2.46. The van der Waals surface area contributed by atoms with Crippen LogP contribution in [0.25, 0.3) is 0 Å². The molecule has 2 aromatic rings. The highest BCUT2D eigenvalue weighted by Gasteiger charge is 2.21. The second-order valence-electron chi connectivity index (χ2n) is 4.49. The number of aromatic nitrogens is 2. The molecule has 0 aliphatic carbocycles. The molecule has 0 fully saturated rings. The van der Waals surface area contributed by atoms with E-state index in [0.29, 0.717) is 21.3 Å². The van der Waals surface area contributed by atoms with E-state index >= 15 is 0 Å². The van der Waals surface area contributed by atoms with Crippen LogP contribution in [0.2, 0.25) is 10.0 Å². The standard InChI is InChI=1S/C13H13BrCl2N2O/c1-7(2)18-12(11(16)6-17-18)13(19)8-3-4-9(14)10(15)5-8/h3-7,13,19H,1-2H3. The molecule has 0 aliphatic heterocycles. The van der Waals surface area contributed by atoms with Gasteiger partial charge in [0, 0.05) is 10.5 Å². The summed E-state index contributed by atoms with van der Waals surface area (Å²) in [5, 5.41) is 15.7. The summed E-state index contributed by atoms with van der Waals surface area (Å²) < 4.78 is 2.50. The molecule has 19 heavy (non-hydrogen) atoms. The molecular formula is C13H13BrCl2N2O. The maximum atomic E-state index is 10.5. The lowest BCUT2D eigenvalue weighted by Crippen LogP contribution is -2.12. The topological polar surface area (TPSA) is 38.0 Å². The van der Waals surface area contributed by atoms with Crippen molar-refractivity contribution in [1.82, 2.24) is 9.78 Å². The molecule has 0 aliphatic rings.